The molecule has 1 aromatic carbocycles. The number of nitrogens with one attached hydrogen (secondary N) is 2. The molecule has 0 saturated carbocycles. The molecule has 0 radical (unpaired) electrons. The van der Waals surface area contributed by atoms with Crippen LogP contribution in [-0.4, -0.2) is 54.2 Å². The maximum Gasteiger partial charge on any atom is 0.251 e. The lowest BCUT2D eigenvalue weighted by Gasteiger charge is -2.19. The molecular weight excluding hydrogens is 442 g/mol. The van der Waals surface area contributed by atoms with Crippen molar-refractivity contribution in [2.45, 2.75) is 6.54 Å². The molecule has 2 N–H and O–H groups in total. The summed E-state index contributed by atoms with van der Waals surface area (Å²) in [5, 5.41) is 6.56. The van der Waals surface area contributed by atoms with E-state index in [9.17, 15) is 13.2 Å². The fourth-order valence-corrected chi connectivity index (χ4v) is 3.83. The Morgan fingerprint density at radius 2 is 1.97 bits per heavy atom. The van der Waals surface area contributed by atoms with Gasteiger partial charge in [-0.15, -0.1) is 0 Å². The molecule has 0 fully saturated rings. The molecule has 10 nitrogen and oxygen atoms in total. The van der Waals surface area contributed by atoms with Gasteiger partial charge in [0.2, 0.25) is 16.0 Å². The SMILES string of the molecule is CNC(=O)c1cccc(Nc2ncc3ccn(Cc4cccnc4N(C)S(C)(=O)=O)c3n2)c1. The molecule has 0 atom stereocenters. The van der Waals surface area contributed by atoms with E-state index in [2.05, 4.69) is 25.6 Å². The first-order valence-electron chi connectivity index (χ1n) is 10.0. The Kier molecular flexibility index (Phi) is 5.97. The van der Waals surface area contributed by atoms with Crippen LogP contribution in [0.2, 0.25) is 0 Å². The van der Waals surface area contributed by atoms with Crippen LogP contribution < -0.4 is 14.9 Å². The first-order chi connectivity index (χ1) is 15.8. The molecule has 0 saturated heterocycles. The molecule has 3 heterocycles. The van der Waals surface area contributed by atoms with Crippen molar-refractivity contribution in [3.63, 3.8) is 0 Å². The molecule has 33 heavy (non-hydrogen) atoms. The molecule has 170 valence electrons. The molecule has 4 rings (SSSR count). The van der Waals surface area contributed by atoms with E-state index >= 15 is 0 Å². The van der Waals surface area contributed by atoms with Gasteiger partial charge in [0.25, 0.3) is 5.91 Å². The molecule has 0 spiro atoms. The van der Waals surface area contributed by atoms with Crippen LogP contribution >= 0.6 is 0 Å². The number of pyridine rings is 1. The lowest BCUT2D eigenvalue weighted by molar-refractivity contribution is 0.0963. The standard InChI is InChI=1S/C22H23N7O3S/c1-23-21(30)15-6-4-8-18(12-15)26-22-25-13-16-9-11-29(20(16)27-22)14-17-7-5-10-24-19(17)28(2)33(3,31)32/h4-13H,14H2,1-3H3,(H,23,30)(H,25,26,27). The zero-order valence-electron chi connectivity index (χ0n) is 18.3. The predicted molar refractivity (Wildman–Crippen MR) is 127 cm³/mol. The van der Waals surface area contributed by atoms with Crippen LogP contribution in [0.1, 0.15) is 15.9 Å². The van der Waals surface area contributed by atoms with Crippen molar-refractivity contribution >= 4 is 44.4 Å². The average Bonchev–Trinajstić information content (AvgIpc) is 3.20. The normalized spacial score (nSPS) is 11.4. The molecule has 4 aromatic rings. The molecule has 3 aromatic heterocycles. The summed E-state index contributed by atoms with van der Waals surface area (Å²) in [5.41, 5.74) is 2.60. The number of anilines is 3. The van der Waals surface area contributed by atoms with E-state index in [1.54, 1.807) is 43.7 Å². The lowest BCUT2D eigenvalue weighted by Crippen LogP contribution is -2.27. The van der Waals surface area contributed by atoms with Gasteiger partial charge in [-0.05, 0) is 30.3 Å². The number of sulfonamides is 1. The lowest BCUT2D eigenvalue weighted by atomic mass is 10.2. The van der Waals surface area contributed by atoms with E-state index in [0.717, 1.165) is 21.5 Å². The quantitative estimate of drug-likeness (QED) is 0.430. The van der Waals surface area contributed by atoms with E-state index < -0.39 is 10.0 Å². The summed E-state index contributed by atoms with van der Waals surface area (Å²) in [6, 6.07) is 12.5. The van der Waals surface area contributed by atoms with Crippen LogP contribution in [0, 0.1) is 0 Å². The number of carbonyl (C=O) groups is 1. The van der Waals surface area contributed by atoms with E-state index in [4.69, 9.17) is 0 Å². The van der Waals surface area contributed by atoms with Gasteiger partial charge in [0.15, 0.2) is 0 Å². The summed E-state index contributed by atoms with van der Waals surface area (Å²) in [4.78, 5) is 25.2. The third kappa shape index (κ3) is 4.77. The highest BCUT2D eigenvalue weighted by Gasteiger charge is 2.18. The van der Waals surface area contributed by atoms with Gasteiger partial charge in [-0.2, -0.15) is 4.98 Å². The summed E-state index contributed by atoms with van der Waals surface area (Å²) in [7, 11) is -0.399. The zero-order valence-corrected chi connectivity index (χ0v) is 19.2. The van der Waals surface area contributed by atoms with Gasteiger partial charge in [-0.3, -0.25) is 9.10 Å². The van der Waals surface area contributed by atoms with E-state index in [0.29, 0.717) is 35.2 Å². The van der Waals surface area contributed by atoms with Crippen molar-refractivity contribution in [2.24, 2.45) is 0 Å². The molecule has 1 amide bonds. The summed E-state index contributed by atoms with van der Waals surface area (Å²) in [6.45, 7) is 0.370. The van der Waals surface area contributed by atoms with E-state index in [-0.39, 0.29) is 5.91 Å². The zero-order chi connectivity index (χ0) is 23.6. The van der Waals surface area contributed by atoms with Gasteiger partial charge in [0.1, 0.15) is 11.5 Å². The number of fused-ring (bicyclic) bond motifs is 1. The van der Waals surface area contributed by atoms with E-state index in [1.165, 1.54) is 7.05 Å². The molecular formula is C22H23N7O3S. The van der Waals surface area contributed by atoms with Crippen molar-refractivity contribution < 1.29 is 13.2 Å². The fraction of sp³-hybridized carbons (Fsp3) is 0.182. The largest absolute Gasteiger partial charge is 0.355 e. The Balaban J connectivity index is 1.65. The van der Waals surface area contributed by atoms with Crippen LogP contribution in [0.4, 0.5) is 17.5 Å². The molecule has 0 unspecified atom stereocenters. The summed E-state index contributed by atoms with van der Waals surface area (Å²) < 4.78 is 27.1. The number of nitrogens with zero attached hydrogens (tertiary/aromatic N) is 5. The van der Waals surface area contributed by atoms with Crippen molar-refractivity contribution in [2.75, 3.05) is 30.0 Å². The molecule has 0 aliphatic rings. The minimum Gasteiger partial charge on any atom is -0.355 e. The number of carbonyl (C=O) groups excluding carboxylic acids is 1. The average molecular weight is 466 g/mol. The Morgan fingerprint density at radius 3 is 2.73 bits per heavy atom. The third-order valence-corrected chi connectivity index (χ3v) is 6.28. The van der Waals surface area contributed by atoms with Crippen LogP contribution in [0.15, 0.2) is 61.1 Å². The summed E-state index contributed by atoms with van der Waals surface area (Å²) in [6.07, 6.45) is 6.27. The second kappa shape index (κ2) is 8.87. The smallest absolute Gasteiger partial charge is 0.251 e. The summed E-state index contributed by atoms with van der Waals surface area (Å²) in [5.74, 6) is 0.548. The van der Waals surface area contributed by atoms with Crippen LogP contribution in [-0.2, 0) is 16.6 Å². The van der Waals surface area contributed by atoms with Gasteiger partial charge in [-0.1, -0.05) is 12.1 Å². The number of hydrogen-bond acceptors (Lipinski definition) is 7. The Morgan fingerprint density at radius 1 is 1.15 bits per heavy atom. The Bertz CT molecular complexity index is 1430. The third-order valence-electron chi connectivity index (χ3n) is 5.11. The van der Waals surface area contributed by atoms with Gasteiger partial charge in [0, 0.05) is 54.9 Å². The fourth-order valence-electron chi connectivity index (χ4n) is 3.35. The maximum absolute atomic E-state index is 12.0. The predicted octanol–water partition coefficient (Wildman–Crippen LogP) is 2.37. The second-order valence-corrected chi connectivity index (χ2v) is 9.43. The molecule has 0 bridgehead atoms. The number of rotatable bonds is 7. The van der Waals surface area contributed by atoms with Crippen LogP contribution in [0.25, 0.3) is 11.0 Å². The van der Waals surface area contributed by atoms with Crippen molar-refractivity contribution in [3.8, 4) is 0 Å². The number of aromatic nitrogens is 4. The number of amides is 1. The highest BCUT2D eigenvalue weighted by atomic mass is 32.2. The molecule has 0 aliphatic carbocycles. The highest BCUT2D eigenvalue weighted by molar-refractivity contribution is 7.92. The van der Waals surface area contributed by atoms with Gasteiger partial charge in [0.05, 0.1) is 12.8 Å². The van der Waals surface area contributed by atoms with Crippen molar-refractivity contribution in [1.82, 2.24) is 24.8 Å². The van der Waals surface area contributed by atoms with E-state index in [1.807, 2.05) is 29.0 Å². The van der Waals surface area contributed by atoms with Gasteiger partial charge in [-0.25, -0.2) is 18.4 Å². The Hall–Kier alpha value is -3.99. The minimum absolute atomic E-state index is 0.185. The molecule has 0 aliphatic heterocycles. The Labute approximate surface area is 191 Å². The topological polar surface area (TPSA) is 122 Å². The minimum atomic E-state index is -3.46. The maximum atomic E-state index is 12.0. The monoisotopic (exact) mass is 465 g/mol. The first kappa shape index (κ1) is 22.2. The van der Waals surface area contributed by atoms with Crippen molar-refractivity contribution in [1.29, 1.82) is 0 Å². The number of benzene rings is 1. The van der Waals surface area contributed by atoms with Crippen LogP contribution in [0.3, 0.4) is 0 Å². The summed E-state index contributed by atoms with van der Waals surface area (Å²) >= 11 is 0. The van der Waals surface area contributed by atoms with Crippen molar-refractivity contribution in [3.05, 3.63) is 72.2 Å². The van der Waals surface area contributed by atoms with Gasteiger partial charge >= 0.3 is 0 Å². The number of hydrogen-bond donors (Lipinski definition) is 2. The highest BCUT2D eigenvalue weighted by Crippen LogP contribution is 2.23. The van der Waals surface area contributed by atoms with Gasteiger partial charge < -0.3 is 15.2 Å². The van der Waals surface area contributed by atoms with Crippen LogP contribution in [0.5, 0.6) is 0 Å². The molecule has 11 heteroatoms. The first-order valence-corrected chi connectivity index (χ1v) is 11.9. The second-order valence-electron chi connectivity index (χ2n) is 7.42.